The van der Waals surface area contributed by atoms with Gasteiger partial charge in [-0.15, -0.1) is 5.10 Å². The highest BCUT2D eigenvalue weighted by molar-refractivity contribution is 5.94. The lowest BCUT2D eigenvalue weighted by atomic mass is 9.99. The van der Waals surface area contributed by atoms with Gasteiger partial charge in [0.2, 0.25) is 0 Å². The molecule has 1 aliphatic heterocycles. The zero-order valence-corrected chi connectivity index (χ0v) is 15.4. The average Bonchev–Trinajstić information content (AvgIpc) is 3.36. The quantitative estimate of drug-likeness (QED) is 0.706. The lowest BCUT2D eigenvalue weighted by molar-refractivity contribution is 0.0916. The number of halogens is 2. The molecule has 1 unspecified atom stereocenters. The molecule has 0 radical (unpaired) electrons. The van der Waals surface area contributed by atoms with Crippen LogP contribution in [-0.2, 0) is 0 Å². The molecule has 1 amide bonds. The zero-order valence-electron chi connectivity index (χ0n) is 15.4. The van der Waals surface area contributed by atoms with Crippen LogP contribution in [0.15, 0.2) is 42.5 Å². The molecule has 1 saturated heterocycles. The first-order valence-corrected chi connectivity index (χ1v) is 9.28. The average molecular weight is 385 g/mol. The van der Waals surface area contributed by atoms with Gasteiger partial charge in [-0.2, -0.15) is 0 Å². The lowest BCUT2D eigenvalue weighted by Crippen LogP contribution is -2.28. The Hall–Kier alpha value is -2.87. The van der Waals surface area contributed by atoms with Crippen LogP contribution in [0.25, 0.3) is 10.8 Å². The lowest BCUT2D eigenvalue weighted by Gasteiger charge is -2.17. The van der Waals surface area contributed by atoms with Crippen molar-refractivity contribution in [3.05, 3.63) is 59.4 Å². The van der Waals surface area contributed by atoms with Gasteiger partial charge in [-0.1, -0.05) is 47.7 Å². The van der Waals surface area contributed by atoms with E-state index >= 15 is 0 Å². The number of hydrogen-bond donors (Lipinski definition) is 2. The fourth-order valence-electron chi connectivity index (χ4n) is 3.75. The predicted molar refractivity (Wildman–Crippen MR) is 101 cm³/mol. The third-order valence-corrected chi connectivity index (χ3v) is 5.17. The van der Waals surface area contributed by atoms with E-state index in [0.717, 1.165) is 22.9 Å². The van der Waals surface area contributed by atoms with E-state index in [4.69, 9.17) is 0 Å². The highest BCUT2D eigenvalue weighted by atomic mass is 19.3. The summed E-state index contributed by atoms with van der Waals surface area (Å²) < 4.78 is 28.6. The van der Waals surface area contributed by atoms with Gasteiger partial charge in [0.1, 0.15) is 5.69 Å². The van der Waals surface area contributed by atoms with E-state index < -0.39 is 18.0 Å². The van der Waals surface area contributed by atoms with Crippen molar-refractivity contribution in [2.24, 2.45) is 0 Å². The maximum Gasteiger partial charge on any atom is 0.282 e. The van der Waals surface area contributed by atoms with E-state index in [1.54, 1.807) is 0 Å². The second kappa shape index (κ2) is 7.63. The molecule has 2 aromatic carbocycles. The summed E-state index contributed by atoms with van der Waals surface area (Å²) >= 11 is 0. The molecule has 1 aromatic heterocycles. The van der Waals surface area contributed by atoms with Gasteiger partial charge in [0, 0.05) is 6.54 Å². The SMILES string of the molecule is C[C@@H](NC(=O)c1nnn(C2CCNC2)c1C(F)F)c1cccc2ccccc12. The van der Waals surface area contributed by atoms with E-state index in [-0.39, 0.29) is 17.8 Å². The number of carbonyl (C=O) groups excluding carboxylic acids is 1. The van der Waals surface area contributed by atoms with Crippen molar-refractivity contribution >= 4 is 16.7 Å². The molecular weight excluding hydrogens is 364 g/mol. The summed E-state index contributed by atoms with van der Waals surface area (Å²) in [6.07, 6.45) is -2.15. The Kier molecular flexibility index (Phi) is 5.04. The van der Waals surface area contributed by atoms with Crippen molar-refractivity contribution in [1.29, 1.82) is 0 Å². The van der Waals surface area contributed by atoms with Crippen molar-refractivity contribution in [3.8, 4) is 0 Å². The molecule has 0 aliphatic carbocycles. The molecule has 2 heterocycles. The van der Waals surface area contributed by atoms with Crippen LogP contribution in [0.3, 0.4) is 0 Å². The van der Waals surface area contributed by atoms with Gasteiger partial charge in [-0.3, -0.25) is 4.79 Å². The van der Waals surface area contributed by atoms with E-state index in [9.17, 15) is 13.6 Å². The van der Waals surface area contributed by atoms with Gasteiger partial charge in [-0.05, 0) is 36.2 Å². The number of nitrogens with zero attached hydrogens (tertiary/aromatic N) is 3. The van der Waals surface area contributed by atoms with Crippen molar-refractivity contribution in [2.75, 3.05) is 13.1 Å². The third-order valence-electron chi connectivity index (χ3n) is 5.17. The number of amides is 1. The van der Waals surface area contributed by atoms with Crippen LogP contribution in [0.4, 0.5) is 8.78 Å². The number of alkyl halides is 2. The molecule has 4 rings (SSSR count). The smallest absolute Gasteiger partial charge is 0.282 e. The minimum absolute atomic E-state index is 0.214. The Morgan fingerprint density at radius 3 is 2.79 bits per heavy atom. The number of nitrogens with one attached hydrogen (secondary N) is 2. The molecule has 3 aromatic rings. The molecule has 0 saturated carbocycles. The molecule has 2 atom stereocenters. The summed E-state index contributed by atoms with van der Waals surface area (Å²) in [4.78, 5) is 12.7. The van der Waals surface area contributed by atoms with Gasteiger partial charge in [0.15, 0.2) is 5.69 Å². The highest BCUT2D eigenvalue weighted by Crippen LogP contribution is 2.28. The maximum atomic E-state index is 13.7. The molecule has 146 valence electrons. The Balaban J connectivity index is 1.61. The van der Waals surface area contributed by atoms with E-state index in [1.807, 2.05) is 49.4 Å². The predicted octanol–water partition coefficient (Wildman–Crippen LogP) is 3.39. The van der Waals surface area contributed by atoms with Crippen LogP contribution < -0.4 is 10.6 Å². The summed E-state index contributed by atoms with van der Waals surface area (Å²) in [6.45, 7) is 3.09. The molecule has 2 N–H and O–H groups in total. The Morgan fingerprint density at radius 1 is 1.25 bits per heavy atom. The topological polar surface area (TPSA) is 71.8 Å². The maximum absolute atomic E-state index is 13.7. The summed E-state index contributed by atoms with van der Waals surface area (Å²) in [5.41, 5.74) is 0.183. The number of carbonyl (C=O) groups is 1. The second-order valence-corrected chi connectivity index (χ2v) is 6.98. The number of hydrogen-bond acceptors (Lipinski definition) is 4. The molecule has 0 spiro atoms. The van der Waals surface area contributed by atoms with E-state index in [1.165, 1.54) is 4.68 Å². The molecular formula is C20H21F2N5O. The van der Waals surface area contributed by atoms with Gasteiger partial charge >= 0.3 is 0 Å². The van der Waals surface area contributed by atoms with Crippen LogP contribution in [0.2, 0.25) is 0 Å². The Labute approximate surface area is 160 Å². The molecule has 8 heteroatoms. The third kappa shape index (κ3) is 3.35. The largest absolute Gasteiger partial charge is 0.344 e. The van der Waals surface area contributed by atoms with Crippen LogP contribution in [0.5, 0.6) is 0 Å². The fraction of sp³-hybridized carbons (Fsp3) is 0.350. The van der Waals surface area contributed by atoms with Crippen LogP contribution in [-0.4, -0.2) is 34.0 Å². The zero-order chi connectivity index (χ0) is 19.7. The summed E-state index contributed by atoms with van der Waals surface area (Å²) in [5.74, 6) is -0.645. The van der Waals surface area contributed by atoms with Crippen molar-refractivity contribution in [2.45, 2.75) is 31.9 Å². The monoisotopic (exact) mass is 385 g/mol. The summed E-state index contributed by atoms with van der Waals surface area (Å²) in [5, 5.41) is 15.6. The Bertz CT molecular complexity index is 992. The standard InChI is InChI=1S/C20H21F2N5O/c1-12(15-8-4-6-13-5-2-3-7-16(13)15)24-20(28)17-18(19(21)22)27(26-25-17)14-9-10-23-11-14/h2-8,12,14,19,23H,9-11H2,1H3,(H,24,28)/t12-,14?/m1/s1. The molecule has 1 aliphatic rings. The van der Waals surface area contributed by atoms with Crippen molar-refractivity contribution in [3.63, 3.8) is 0 Å². The minimum atomic E-state index is -2.83. The van der Waals surface area contributed by atoms with Gasteiger partial charge in [0.25, 0.3) is 12.3 Å². The first kappa shape index (κ1) is 18.5. The van der Waals surface area contributed by atoms with E-state index in [0.29, 0.717) is 13.0 Å². The molecule has 1 fully saturated rings. The van der Waals surface area contributed by atoms with Gasteiger partial charge < -0.3 is 10.6 Å². The van der Waals surface area contributed by atoms with Crippen molar-refractivity contribution < 1.29 is 13.6 Å². The number of aromatic nitrogens is 3. The molecule has 28 heavy (non-hydrogen) atoms. The van der Waals surface area contributed by atoms with E-state index in [2.05, 4.69) is 20.9 Å². The fourth-order valence-corrected chi connectivity index (χ4v) is 3.75. The first-order chi connectivity index (χ1) is 13.6. The van der Waals surface area contributed by atoms with Gasteiger partial charge in [0.05, 0.1) is 12.1 Å². The van der Waals surface area contributed by atoms with Gasteiger partial charge in [-0.25, -0.2) is 13.5 Å². The Morgan fingerprint density at radius 2 is 2.04 bits per heavy atom. The second-order valence-electron chi connectivity index (χ2n) is 6.98. The number of rotatable bonds is 5. The summed E-state index contributed by atoms with van der Waals surface area (Å²) in [7, 11) is 0. The van der Waals surface area contributed by atoms with Crippen LogP contribution >= 0.6 is 0 Å². The summed E-state index contributed by atoms with van der Waals surface area (Å²) in [6, 6.07) is 13.1. The van der Waals surface area contributed by atoms with Crippen LogP contribution in [0.1, 0.15) is 53.6 Å². The molecule has 0 bridgehead atoms. The first-order valence-electron chi connectivity index (χ1n) is 9.28. The number of fused-ring (bicyclic) bond motifs is 1. The normalized spacial score (nSPS) is 17.9. The van der Waals surface area contributed by atoms with Crippen molar-refractivity contribution in [1.82, 2.24) is 25.6 Å². The van der Waals surface area contributed by atoms with Crippen LogP contribution in [0, 0.1) is 0 Å². The highest BCUT2D eigenvalue weighted by Gasteiger charge is 2.31. The molecule has 6 nitrogen and oxygen atoms in total. The number of benzene rings is 2. The minimum Gasteiger partial charge on any atom is -0.344 e.